The second-order valence-electron chi connectivity index (χ2n) is 17.1. The van der Waals surface area contributed by atoms with Crippen LogP contribution in [0, 0.1) is 23.2 Å². The Kier molecular flexibility index (Phi) is 13.9. The van der Waals surface area contributed by atoms with E-state index < -0.39 is 96.5 Å². The zero-order valence-corrected chi connectivity index (χ0v) is 33.7. The number of nitrogens with one attached hydrogen (secondary N) is 4. The van der Waals surface area contributed by atoms with Crippen molar-refractivity contribution in [1.82, 2.24) is 31.1 Å². The Hall–Kier alpha value is -4.63. The van der Waals surface area contributed by atoms with Crippen molar-refractivity contribution in [2.45, 2.75) is 122 Å². The number of likely N-dealkylation sites (tertiary alicyclic amines) is 1. The molecule has 3 aliphatic rings. The minimum Gasteiger partial charge on any atom is -0.444 e. The van der Waals surface area contributed by atoms with Gasteiger partial charge in [0.1, 0.15) is 29.8 Å². The Labute approximate surface area is 327 Å². The lowest BCUT2D eigenvalue weighted by molar-refractivity contribution is -0.146. The van der Waals surface area contributed by atoms with Gasteiger partial charge in [-0.15, -0.1) is 0 Å². The summed E-state index contributed by atoms with van der Waals surface area (Å²) in [6, 6.07) is 3.08. The van der Waals surface area contributed by atoms with E-state index in [0.29, 0.717) is 18.4 Å². The highest BCUT2D eigenvalue weighted by molar-refractivity contribution is 6.38. The number of halogens is 2. The van der Waals surface area contributed by atoms with E-state index in [1.54, 1.807) is 51.1 Å². The number of benzene rings is 1. The van der Waals surface area contributed by atoms with E-state index in [4.69, 9.17) is 4.74 Å². The van der Waals surface area contributed by atoms with E-state index in [2.05, 4.69) is 21.3 Å². The molecule has 1 saturated heterocycles. The maximum absolute atomic E-state index is 14.9. The summed E-state index contributed by atoms with van der Waals surface area (Å²) in [7, 11) is 3.01. The molecule has 2 saturated carbocycles. The molecule has 1 aliphatic heterocycles. The molecule has 4 N–H and O–H groups in total. The summed E-state index contributed by atoms with van der Waals surface area (Å²) in [5.74, 6) is -9.63. The molecule has 16 heteroatoms. The average Bonchev–Trinajstić information content (AvgIpc) is 3.43. The molecule has 3 fully saturated rings. The van der Waals surface area contributed by atoms with Crippen molar-refractivity contribution in [3.8, 4) is 0 Å². The molecule has 310 valence electrons. The SMILES string of the molecule is CCC(F)(F)CC(NC(=O)[C@@H]1[C@@H]2[C@H](CN1C(=O)[C@@H](NC(=O)OC(C)(C)C)C1CCCCC1)C2(C)C)C(=O)C(=O)NCC(=O)N[C@H](C(=O)N(C)C)c1ccccc1. The van der Waals surface area contributed by atoms with Gasteiger partial charge in [-0.25, -0.2) is 13.6 Å². The fourth-order valence-corrected chi connectivity index (χ4v) is 7.99. The van der Waals surface area contributed by atoms with Crippen molar-refractivity contribution in [2.75, 3.05) is 27.2 Å². The summed E-state index contributed by atoms with van der Waals surface area (Å²) in [5, 5.41) is 9.80. The number of amides is 6. The molecule has 4 rings (SSSR count). The lowest BCUT2D eigenvalue weighted by Crippen LogP contribution is -2.60. The van der Waals surface area contributed by atoms with Crippen LogP contribution in [0.2, 0.25) is 0 Å². The first-order valence-electron chi connectivity index (χ1n) is 19.4. The Balaban J connectivity index is 1.52. The van der Waals surface area contributed by atoms with E-state index in [1.807, 2.05) is 13.8 Å². The molecule has 0 spiro atoms. The van der Waals surface area contributed by atoms with Gasteiger partial charge >= 0.3 is 6.09 Å². The van der Waals surface area contributed by atoms with Gasteiger partial charge in [-0.2, -0.15) is 0 Å². The molecule has 1 heterocycles. The highest BCUT2D eigenvalue weighted by Gasteiger charge is 2.70. The summed E-state index contributed by atoms with van der Waals surface area (Å²) < 4.78 is 35.3. The number of hydrogen-bond donors (Lipinski definition) is 4. The van der Waals surface area contributed by atoms with Gasteiger partial charge in [0.2, 0.25) is 35.3 Å². The number of fused-ring (bicyclic) bond motifs is 1. The number of Topliss-reactive ketones (excluding diaryl/α,β-unsaturated/α-hetero) is 1. The van der Waals surface area contributed by atoms with Crippen LogP contribution in [0.25, 0.3) is 0 Å². The van der Waals surface area contributed by atoms with Crippen LogP contribution in [-0.2, 0) is 33.5 Å². The maximum Gasteiger partial charge on any atom is 0.408 e. The molecule has 6 atom stereocenters. The summed E-state index contributed by atoms with van der Waals surface area (Å²) >= 11 is 0. The maximum atomic E-state index is 14.9. The average molecular weight is 789 g/mol. The molecular formula is C40H58F2N6O8. The number of nitrogens with zero attached hydrogens (tertiary/aromatic N) is 2. The number of rotatable bonds is 15. The molecule has 0 aromatic heterocycles. The van der Waals surface area contributed by atoms with Gasteiger partial charge in [0.15, 0.2) is 0 Å². The first-order chi connectivity index (χ1) is 26.1. The molecule has 56 heavy (non-hydrogen) atoms. The van der Waals surface area contributed by atoms with Crippen molar-refractivity contribution in [3.05, 3.63) is 35.9 Å². The molecule has 1 unspecified atom stereocenters. The lowest BCUT2D eigenvalue weighted by Gasteiger charge is -2.37. The molecular weight excluding hydrogens is 730 g/mol. The fraction of sp³-hybridized carbons (Fsp3) is 0.675. The molecule has 2 aliphatic carbocycles. The number of alkyl halides is 2. The normalized spacial score (nSPS) is 22.0. The van der Waals surface area contributed by atoms with Crippen molar-refractivity contribution < 1.29 is 47.1 Å². The van der Waals surface area contributed by atoms with Crippen LogP contribution in [0.5, 0.6) is 0 Å². The third-order valence-electron chi connectivity index (χ3n) is 11.2. The number of ketones is 1. The van der Waals surface area contributed by atoms with Gasteiger partial charge in [-0.1, -0.05) is 70.4 Å². The first kappa shape index (κ1) is 44.1. The second kappa shape index (κ2) is 17.7. The largest absolute Gasteiger partial charge is 0.444 e. The summed E-state index contributed by atoms with van der Waals surface area (Å²) in [5.41, 5.74) is -0.751. The Morgan fingerprint density at radius 2 is 1.57 bits per heavy atom. The monoisotopic (exact) mass is 788 g/mol. The fourth-order valence-electron chi connectivity index (χ4n) is 7.99. The van der Waals surface area contributed by atoms with E-state index >= 15 is 0 Å². The Bertz CT molecular complexity index is 1640. The minimum absolute atomic E-state index is 0.108. The number of carbonyl (C=O) groups excluding carboxylic acids is 7. The third kappa shape index (κ3) is 10.8. The second-order valence-corrected chi connectivity index (χ2v) is 17.1. The van der Waals surface area contributed by atoms with Crippen molar-refractivity contribution in [2.24, 2.45) is 23.2 Å². The zero-order chi connectivity index (χ0) is 41.7. The number of hydrogen-bond acceptors (Lipinski definition) is 8. The minimum atomic E-state index is -3.46. The Morgan fingerprint density at radius 1 is 0.946 bits per heavy atom. The first-order valence-corrected chi connectivity index (χ1v) is 19.4. The molecule has 0 radical (unpaired) electrons. The van der Waals surface area contributed by atoms with E-state index in [0.717, 1.165) is 19.3 Å². The number of piperidine rings is 1. The summed E-state index contributed by atoms with van der Waals surface area (Å²) in [4.78, 5) is 96.7. The van der Waals surface area contributed by atoms with Crippen LogP contribution in [0.1, 0.15) is 98.1 Å². The standard InChI is InChI=1S/C40H58F2N6O8/c1-9-40(41,42)20-26(32(50)34(52)43-21-27(49)45-29(35(53)47(7)8)23-16-12-10-13-17-23)44-33(51)31-28-25(39(28,5)6)22-48(31)36(54)30(24-18-14-11-15-19-24)46-37(55)56-38(2,3)4/h10,12-13,16-17,24-26,28-31H,9,11,14-15,18-22H2,1-8H3,(H,43,52)(H,44,51)(H,45,49)(H,46,55)/t25-,26?,28-,29-,30-,31-/m0/s1. The van der Waals surface area contributed by atoms with Crippen LogP contribution >= 0.6 is 0 Å². The highest BCUT2D eigenvalue weighted by atomic mass is 19.3. The van der Waals surface area contributed by atoms with Gasteiger partial charge in [0.05, 0.1) is 6.54 Å². The van der Waals surface area contributed by atoms with Crippen LogP contribution in [0.3, 0.4) is 0 Å². The van der Waals surface area contributed by atoms with Gasteiger partial charge < -0.3 is 35.8 Å². The van der Waals surface area contributed by atoms with Crippen molar-refractivity contribution >= 4 is 41.4 Å². The number of likely N-dealkylation sites (N-methyl/N-ethyl adjacent to an activating group) is 1. The third-order valence-corrected chi connectivity index (χ3v) is 11.2. The number of ether oxygens (including phenoxy) is 1. The van der Waals surface area contributed by atoms with Crippen LogP contribution in [0.15, 0.2) is 30.3 Å². The zero-order valence-electron chi connectivity index (χ0n) is 33.7. The van der Waals surface area contributed by atoms with Gasteiger partial charge in [-0.3, -0.25) is 28.8 Å². The summed E-state index contributed by atoms with van der Waals surface area (Å²) in [6.45, 7) is 9.57. The topological polar surface area (TPSA) is 183 Å². The Morgan fingerprint density at radius 3 is 2.14 bits per heavy atom. The molecule has 14 nitrogen and oxygen atoms in total. The van der Waals surface area contributed by atoms with Crippen LogP contribution in [-0.4, -0.2) is 108 Å². The predicted molar refractivity (Wildman–Crippen MR) is 202 cm³/mol. The molecule has 6 amide bonds. The van der Waals surface area contributed by atoms with Gasteiger partial charge in [-0.05, 0) is 62.3 Å². The van der Waals surface area contributed by atoms with Gasteiger partial charge in [0, 0.05) is 33.5 Å². The van der Waals surface area contributed by atoms with Crippen molar-refractivity contribution in [1.29, 1.82) is 0 Å². The number of carbonyl (C=O) groups is 7. The summed E-state index contributed by atoms with van der Waals surface area (Å²) in [6.07, 6.45) is 1.36. The van der Waals surface area contributed by atoms with E-state index in [1.165, 1.54) is 30.8 Å². The predicted octanol–water partition coefficient (Wildman–Crippen LogP) is 3.49. The van der Waals surface area contributed by atoms with Gasteiger partial charge in [0.25, 0.3) is 5.91 Å². The van der Waals surface area contributed by atoms with E-state index in [9.17, 15) is 42.3 Å². The van der Waals surface area contributed by atoms with Crippen LogP contribution in [0.4, 0.5) is 13.6 Å². The molecule has 1 aromatic rings. The van der Waals surface area contributed by atoms with Crippen LogP contribution < -0.4 is 21.3 Å². The molecule has 0 bridgehead atoms. The van der Waals surface area contributed by atoms with Crippen molar-refractivity contribution in [3.63, 3.8) is 0 Å². The number of alkyl carbamates (subject to hydrolysis) is 1. The highest BCUT2D eigenvalue weighted by Crippen LogP contribution is 2.65. The lowest BCUT2D eigenvalue weighted by atomic mass is 9.83. The quantitative estimate of drug-likeness (QED) is 0.195. The molecule has 1 aromatic carbocycles. The van der Waals surface area contributed by atoms with E-state index in [-0.39, 0.29) is 29.7 Å². The smallest absolute Gasteiger partial charge is 0.408 e.